The molecule has 2 heterocycles. The Bertz CT molecular complexity index is 736. The highest BCUT2D eigenvalue weighted by Crippen LogP contribution is 2.32. The van der Waals surface area contributed by atoms with E-state index in [4.69, 9.17) is 4.74 Å². The van der Waals surface area contributed by atoms with Crippen LogP contribution in [0.3, 0.4) is 0 Å². The largest absolute Gasteiger partial charge is 0.618 e. The summed E-state index contributed by atoms with van der Waals surface area (Å²) in [6.45, 7) is 0.766. The summed E-state index contributed by atoms with van der Waals surface area (Å²) in [6, 6.07) is 13.3. The van der Waals surface area contributed by atoms with Gasteiger partial charge in [-0.25, -0.2) is 0 Å². The van der Waals surface area contributed by atoms with Crippen LogP contribution in [0, 0.1) is 5.21 Å². The van der Waals surface area contributed by atoms with Crippen molar-refractivity contribution in [2.75, 3.05) is 19.4 Å². The number of pyridine rings is 1. The van der Waals surface area contributed by atoms with E-state index >= 15 is 0 Å². The van der Waals surface area contributed by atoms with E-state index in [2.05, 4.69) is 0 Å². The molecule has 1 fully saturated rings. The smallest absolute Gasteiger partial charge is 0.251 e. The second-order valence-electron chi connectivity index (χ2n) is 6.38. The molecular formula is C20H24N2O3S. The number of likely N-dealkylation sites (tertiary alicyclic amines) is 1. The van der Waals surface area contributed by atoms with Gasteiger partial charge in [0, 0.05) is 18.7 Å². The lowest BCUT2D eigenvalue weighted by atomic mass is 10.0. The summed E-state index contributed by atoms with van der Waals surface area (Å²) in [7, 11) is 1.65. The van der Waals surface area contributed by atoms with Gasteiger partial charge in [0.1, 0.15) is 5.75 Å². The van der Waals surface area contributed by atoms with E-state index in [1.54, 1.807) is 19.2 Å². The van der Waals surface area contributed by atoms with Crippen LogP contribution in [-0.4, -0.2) is 30.2 Å². The molecule has 5 nitrogen and oxygen atoms in total. The summed E-state index contributed by atoms with van der Waals surface area (Å²) in [5, 5.41) is 12.3. The molecule has 26 heavy (non-hydrogen) atoms. The molecule has 1 unspecified atom stereocenters. The highest BCUT2D eigenvalue weighted by atomic mass is 32.2. The molecular weight excluding hydrogens is 348 g/mol. The number of rotatable bonds is 5. The number of methoxy groups -OCH3 is 1. The van der Waals surface area contributed by atoms with Crippen LogP contribution in [0.1, 0.15) is 37.3 Å². The fourth-order valence-electron chi connectivity index (χ4n) is 3.32. The van der Waals surface area contributed by atoms with Crippen LogP contribution in [0.5, 0.6) is 5.75 Å². The van der Waals surface area contributed by atoms with Crippen LogP contribution in [0.4, 0.5) is 0 Å². The van der Waals surface area contributed by atoms with Gasteiger partial charge in [-0.3, -0.25) is 4.79 Å². The van der Waals surface area contributed by atoms with E-state index < -0.39 is 0 Å². The van der Waals surface area contributed by atoms with E-state index in [0.29, 0.717) is 5.03 Å². The minimum Gasteiger partial charge on any atom is -0.618 e. The molecule has 2 aromatic rings. The Labute approximate surface area is 158 Å². The maximum Gasteiger partial charge on any atom is 0.251 e. The number of hydrogen-bond acceptors (Lipinski definition) is 4. The van der Waals surface area contributed by atoms with Crippen molar-refractivity contribution in [1.82, 2.24) is 4.90 Å². The van der Waals surface area contributed by atoms with Gasteiger partial charge in [0.25, 0.3) is 5.03 Å². The lowest BCUT2D eigenvalue weighted by Crippen LogP contribution is -2.36. The predicted molar refractivity (Wildman–Crippen MR) is 102 cm³/mol. The van der Waals surface area contributed by atoms with Gasteiger partial charge < -0.3 is 14.8 Å². The van der Waals surface area contributed by atoms with Crippen molar-refractivity contribution in [1.29, 1.82) is 0 Å². The van der Waals surface area contributed by atoms with Crippen LogP contribution >= 0.6 is 11.8 Å². The fourth-order valence-corrected chi connectivity index (χ4v) is 4.12. The molecule has 6 heteroatoms. The Morgan fingerprint density at radius 1 is 1.23 bits per heavy atom. The zero-order chi connectivity index (χ0) is 18.4. The maximum absolute atomic E-state index is 12.9. The average Bonchev–Trinajstić information content (AvgIpc) is 2.93. The van der Waals surface area contributed by atoms with Crippen molar-refractivity contribution in [2.24, 2.45) is 0 Å². The lowest BCUT2D eigenvalue weighted by molar-refractivity contribution is -0.645. The molecule has 0 bridgehead atoms. The van der Waals surface area contributed by atoms with Crippen LogP contribution in [0.15, 0.2) is 53.7 Å². The second-order valence-corrected chi connectivity index (χ2v) is 7.37. The van der Waals surface area contributed by atoms with Gasteiger partial charge in [0.05, 0.1) is 18.9 Å². The lowest BCUT2D eigenvalue weighted by Gasteiger charge is -2.30. The van der Waals surface area contributed by atoms with Gasteiger partial charge in [0.2, 0.25) is 5.91 Å². The number of benzene rings is 1. The van der Waals surface area contributed by atoms with Crippen LogP contribution in [0.25, 0.3) is 0 Å². The first-order valence-corrected chi connectivity index (χ1v) is 9.92. The monoisotopic (exact) mass is 372 g/mol. The predicted octanol–water partition coefficient (Wildman–Crippen LogP) is 3.56. The molecule has 1 aliphatic heterocycles. The Morgan fingerprint density at radius 3 is 2.77 bits per heavy atom. The van der Waals surface area contributed by atoms with Crippen molar-refractivity contribution < 1.29 is 14.3 Å². The number of hydrogen-bond donors (Lipinski definition) is 0. The fraction of sp³-hybridized carbons (Fsp3) is 0.400. The Morgan fingerprint density at radius 2 is 2.04 bits per heavy atom. The van der Waals surface area contributed by atoms with E-state index in [1.807, 2.05) is 35.2 Å². The third kappa shape index (κ3) is 4.49. The normalized spacial score (nSPS) is 17.6. The van der Waals surface area contributed by atoms with E-state index in [-0.39, 0.29) is 17.7 Å². The summed E-state index contributed by atoms with van der Waals surface area (Å²) in [5.41, 5.74) is 1.14. The Hall–Kier alpha value is -2.21. The summed E-state index contributed by atoms with van der Waals surface area (Å²) in [4.78, 5) is 14.9. The zero-order valence-electron chi connectivity index (χ0n) is 15.0. The minimum atomic E-state index is 0.0848. The quantitative estimate of drug-likeness (QED) is 0.457. The number of carbonyl (C=O) groups excluding carboxylic acids is 1. The SMILES string of the molecule is COc1ccc(C2CCCCCN2C(=O)CSc2cccc[n+]2[O-])cc1. The summed E-state index contributed by atoms with van der Waals surface area (Å²) in [5.74, 6) is 1.18. The highest BCUT2D eigenvalue weighted by molar-refractivity contribution is 7.99. The third-order valence-electron chi connectivity index (χ3n) is 4.71. The number of amides is 1. The maximum atomic E-state index is 12.9. The Balaban J connectivity index is 1.73. The zero-order valence-corrected chi connectivity index (χ0v) is 15.8. The number of thioether (sulfide) groups is 1. The minimum absolute atomic E-state index is 0.0848. The van der Waals surface area contributed by atoms with E-state index in [1.165, 1.54) is 18.0 Å². The average molecular weight is 372 g/mol. The van der Waals surface area contributed by atoms with E-state index in [9.17, 15) is 10.0 Å². The van der Waals surface area contributed by atoms with Crippen LogP contribution < -0.4 is 9.47 Å². The van der Waals surface area contributed by atoms with Crippen molar-refractivity contribution in [3.8, 4) is 5.75 Å². The molecule has 3 rings (SSSR count). The molecule has 1 atom stereocenters. The molecule has 1 aromatic heterocycles. The molecule has 138 valence electrons. The van der Waals surface area contributed by atoms with Crippen molar-refractivity contribution >= 4 is 17.7 Å². The second kappa shape index (κ2) is 8.94. The number of carbonyl (C=O) groups is 1. The van der Waals surface area contributed by atoms with Crippen molar-refractivity contribution in [3.63, 3.8) is 0 Å². The molecule has 0 N–H and O–H groups in total. The topological polar surface area (TPSA) is 56.5 Å². The van der Waals surface area contributed by atoms with Gasteiger partial charge in [-0.15, -0.1) is 0 Å². The number of nitrogens with zero attached hydrogens (tertiary/aromatic N) is 2. The Kier molecular flexibility index (Phi) is 6.39. The molecule has 0 aliphatic carbocycles. The van der Waals surface area contributed by atoms with Crippen molar-refractivity contribution in [3.05, 3.63) is 59.4 Å². The molecule has 1 aromatic carbocycles. The first-order valence-electron chi connectivity index (χ1n) is 8.93. The molecule has 1 aliphatic rings. The highest BCUT2D eigenvalue weighted by Gasteiger charge is 2.27. The van der Waals surface area contributed by atoms with Crippen LogP contribution in [-0.2, 0) is 4.79 Å². The standard InChI is InChI=1S/C20H24N2O3S/c1-25-17-11-9-16(10-12-17)18-7-3-2-5-13-21(18)19(23)15-26-20-8-4-6-14-22(20)24/h4,6,8-12,14,18H,2-3,5,7,13,15H2,1H3. The molecule has 1 saturated heterocycles. The van der Waals surface area contributed by atoms with Gasteiger partial charge in [-0.2, -0.15) is 4.73 Å². The van der Waals surface area contributed by atoms with Gasteiger partial charge in [-0.1, -0.05) is 25.0 Å². The molecule has 0 radical (unpaired) electrons. The van der Waals surface area contributed by atoms with Gasteiger partial charge in [-0.05, 0) is 48.4 Å². The summed E-state index contributed by atoms with van der Waals surface area (Å²) >= 11 is 1.30. The first kappa shape index (κ1) is 18.6. The molecule has 0 spiro atoms. The summed E-state index contributed by atoms with van der Waals surface area (Å²) < 4.78 is 6.05. The molecule has 0 saturated carbocycles. The third-order valence-corrected chi connectivity index (χ3v) is 5.71. The first-order chi connectivity index (χ1) is 12.7. The molecule has 1 amide bonds. The number of aromatic nitrogens is 1. The number of ether oxygens (including phenoxy) is 1. The van der Waals surface area contributed by atoms with Gasteiger partial charge >= 0.3 is 0 Å². The van der Waals surface area contributed by atoms with E-state index in [0.717, 1.165) is 48.3 Å². The van der Waals surface area contributed by atoms with Crippen molar-refractivity contribution in [2.45, 2.75) is 36.8 Å². The van der Waals surface area contributed by atoms with Crippen LogP contribution in [0.2, 0.25) is 0 Å². The van der Waals surface area contributed by atoms with Gasteiger partial charge in [0.15, 0.2) is 6.20 Å². The summed E-state index contributed by atoms with van der Waals surface area (Å²) in [6.07, 6.45) is 5.71.